The number of hydrogen-bond donors (Lipinski definition) is 0. The van der Waals surface area contributed by atoms with Crippen molar-refractivity contribution in [2.75, 3.05) is 13.7 Å². The van der Waals surface area contributed by atoms with Gasteiger partial charge in [0.15, 0.2) is 0 Å². The Balaban J connectivity index is 1.71. The summed E-state index contributed by atoms with van der Waals surface area (Å²) in [6.07, 6.45) is 6.79. The van der Waals surface area contributed by atoms with Crippen LogP contribution < -0.4 is 4.74 Å². The van der Waals surface area contributed by atoms with Crippen LogP contribution in [-0.2, 0) is 17.9 Å². The second kappa shape index (κ2) is 10.8. The summed E-state index contributed by atoms with van der Waals surface area (Å²) in [5, 5.41) is 10.8. The van der Waals surface area contributed by atoms with Gasteiger partial charge >= 0.3 is 0 Å². The number of ether oxygens (including phenoxy) is 1. The van der Waals surface area contributed by atoms with E-state index in [9.17, 15) is 14.9 Å². The minimum Gasteiger partial charge on any atom is -0.497 e. The Morgan fingerprint density at radius 3 is 2.66 bits per heavy atom. The quantitative estimate of drug-likeness (QED) is 0.202. The predicted octanol–water partition coefficient (Wildman–Crippen LogP) is 4.68. The number of nitro benzene ring substituents is 1. The minimum absolute atomic E-state index is 0.0126. The van der Waals surface area contributed by atoms with Crippen LogP contribution in [0.25, 0.3) is 6.08 Å². The van der Waals surface area contributed by atoms with E-state index >= 15 is 0 Å². The van der Waals surface area contributed by atoms with E-state index in [2.05, 4.69) is 11.1 Å². The number of carbonyl (C=O) groups excluding carboxylic acids is 1. The van der Waals surface area contributed by atoms with Crippen molar-refractivity contribution >= 4 is 17.7 Å². The fourth-order valence-corrected chi connectivity index (χ4v) is 3.28. The number of hydrogen-bond acceptors (Lipinski definition) is 4. The molecule has 0 unspecified atom stereocenters. The Hall–Kier alpha value is -4.13. The second-order valence-corrected chi connectivity index (χ2v) is 7.17. The summed E-state index contributed by atoms with van der Waals surface area (Å²) in [6.45, 7) is 5.24. The van der Waals surface area contributed by atoms with Crippen LogP contribution in [0.1, 0.15) is 16.8 Å². The molecule has 0 saturated carbocycles. The van der Waals surface area contributed by atoms with E-state index in [0.29, 0.717) is 25.2 Å². The zero-order valence-corrected chi connectivity index (χ0v) is 17.9. The topological polar surface area (TPSA) is 77.6 Å². The van der Waals surface area contributed by atoms with Crippen LogP contribution in [0, 0.1) is 10.1 Å². The van der Waals surface area contributed by atoms with Crippen molar-refractivity contribution in [2.45, 2.75) is 13.1 Å². The molecule has 7 heteroatoms. The van der Waals surface area contributed by atoms with Crippen molar-refractivity contribution in [1.82, 2.24) is 9.47 Å². The maximum absolute atomic E-state index is 12.8. The molecule has 7 nitrogen and oxygen atoms in total. The molecule has 0 spiro atoms. The molecule has 0 fully saturated rings. The molecular formula is C25H25N3O4. The summed E-state index contributed by atoms with van der Waals surface area (Å²) in [7, 11) is 1.64. The number of nitro groups is 1. The molecule has 0 radical (unpaired) electrons. The third-order valence-electron chi connectivity index (χ3n) is 4.95. The molecule has 0 saturated heterocycles. The molecule has 3 rings (SSSR count). The Morgan fingerprint density at radius 2 is 1.97 bits per heavy atom. The number of methoxy groups -OCH3 is 1. The van der Waals surface area contributed by atoms with Gasteiger partial charge in [-0.3, -0.25) is 14.9 Å². The molecule has 2 aromatic carbocycles. The van der Waals surface area contributed by atoms with Crippen LogP contribution in [0.15, 0.2) is 85.6 Å². The number of nitrogens with zero attached hydrogens (tertiary/aromatic N) is 3. The molecule has 1 aromatic heterocycles. The highest BCUT2D eigenvalue weighted by Crippen LogP contribution is 2.17. The van der Waals surface area contributed by atoms with Gasteiger partial charge in [0.2, 0.25) is 5.91 Å². The maximum Gasteiger partial charge on any atom is 0.269 e. The number of carbonyl (C=O) groups is 1. The fourth-order valence-electron chi connectivity index (χ4n) is 3.28. The van der Waals surface area contributed by atoms with Crippen molar-refractivity contribution in [3.8, 4) is 5.75 Å². The molecule has 1 amide bonds. The van der Waals surface area contributed by atoms with Crippen LogP contribution in [0.4, 0.5) is 5.69 Å². The van der Waals surface area contributed by atoms with Crippen molar-refractivity contribution in [2.24, 2.45) is 0 Å². The second-order valence-electron chi connectivity index (χ2n) is 7.17. The van der Waals surface area contributed by atoms with Gasteiger partial charge in [-0.25, -0.2) is 0 Å². The van der Waals surface area contributed by atoms with Gasteiger partial charge in [-0.1, -0.05) is 18.2 Å². The van der Waals surface area contributed by atoms with Crippen LogP contribution in [0.5, 0.6) is 5.75 Å². The van der Waals surface area contributed by atoms with E-state index in [-0.39, 0.29) is 11.6 Å². The van der Waals surface area contributed by atoms with E-state index in [1.807, 2.05) is 42.6 Å². The van der Waals surface area contributed by atoms with E-state index in [0.717, 1.165) is 17.0 Å². The zero-order valence-electron chi connectivity index (χ0n) is 17.9. The van der Waals surface area contributed by atoms with Gasteiger partial charge in [-0.05, 0) is 53.6 Å². The van der Waals surface area contributed by atoms with Gasteiger partial charge in [0.1, 0.15) is 5.75 Å². The van der Waals surface area contributed by atoms with Crippen molar-refractivity contribution < 1.29 is 14.5 Å². The first-order chi connectivity index (χ1) is 15.5. The van der Waals surface area contributed by atoms with Crippen LogP contribution in [0.2, 0.25) is 0 Å². The van der Waals surface area contributed by atoms with Crippen LogP contribution >= 0.6 is 0 Å². The van der Waals surface area contributed by atoms with Crippen LogP contribution in [0.3, 0.4) is 0 Å². The molecular weight excluding hydrogens is 406 g/mol. The monoisotopic (exact) mass is 431 g/mol. The number of aromatic nitrogens is 1. The lowest BCUT2D eigenvalue weighted by atomic mass is 10.2. The van der Waals surface area contributed by atoms with E-state index in [1.165, 1.54) is 18.2 Å². The molecule has 1 heterocycles. The van der Waals surface area contributed by atoms with E-state index in [1.54, 1.807) is 36.3 Å². The fraction of sp³-hybridized carbons (Fsp3) is 0.160. The minimum atomic E-state index is -0.453. The van der Waals surface area contributed by atoms with Gasteiger partial charge in [-0.15, -0.1) is 6.58 Å². The molecule has 0 aliphatic heterocycles. The largest absolute Gasteiger partial charge is 0.497 e. The van der Waals surface area contributed by atoms with E-state index in [4.69, 9.17) is 4.74 Å². The van der Waals surface area contributed by atoms with Crippen molar-refractivity contribution in [3.05, 3.63) is 113 Å². The van der Waals surface area contributed by atoms with E-state index < -0.39 is 4.92 Å². The molecule has 164 valence electrons. The van der Waals surface area contributed by atoms with Gasteiger partial charge in [0.25, 0.3) is 5.69 Å². The third kappa shape index (κ3) is 5.95. The predicted molar refractivity (Wildman–Crippen MR) is 124 cm³/mol. The summed E-state index contributed by atoms with van der Waals surface area (Å²) >= 11 is 0. The molecule has 3 aromatic rings. The van der Waals surface area contributed by atoms with Gasteiger partial charge in [-0.2, -0.15) is 0 Å². The number of non-ortho nitro benzene ring substituents is 1. The molecule has 32 heavy (non-hydrogen) atoms. The summed E-state index contributed by atoms with van der Waals surface area (Å²) < 4.78 is 7.40. The Kier molecular flexibility index (Phi) is 7.59. The lowest BCUT2D eigenvalue weighted by Crippen LogP contribution is -2.30. The first kappa shape index (κ1) is 22.6. The summed E-state index contributed by atoms with van der Waals surface area (Å²) in [5.74, 6) is 0.633. The molecule has 0 aliphatic rings. The smallest absolute Gasteiger partial charge is 0.269 e. The molecule has 0 aliphatic carbocycles. The highest BCUT2D eigenvalue weighted by atomic mass is 16.6. The van der Waals surface area contributed by atoms with Gasteiger partial charge in [0.05, 0.1) is 18.6 Å². The third-order valence-corrected chi connectivity index (χ3v) is 4.95. The number of amides is 1. The Morgan fingerprint density at radius 1 is 1.19 bits per heavy atom. The standard InChI is InChI=1S/C25H25N3O4/c1-3-15-27(25(29)14-11-20-9-12-22(13-10-20)28(30)31)19-23-7-5-16-26(23)18-21-6-4-8-24(17-21)32-2/h3-14,16-17H,1,15,18-19H2,2H3. The summed E-state index contributed by atoms with van der Waals surface area (Å²) in [4.78, 5) is 24.8. The van der Waals surface area contributed by atoms with Crippen molar-refractivity contribution in [3.63, 3.8) is 0 Å². The average molecular weight is 431 g/mol. The molecule has 0 atom stereocenters. The maximum atomic E-state index is 12.8. The highest BCUT2D eigenvalue weighted by Gasteiger charge is 2.13. The Labute approximate surface area is 187 Å². The lowest BCUT2D eigenvalue weighted by molar-refractivity contribution is -0.384. The van der Waals surface area contributed by atoms with Crippen molar-refractivity contribution in [1.29, 1.82) is 0 Å². The first-order valence-corrected chi connectivity index (χ1v) is 10.1. The van der Waals surface area contributed by atoms with Gasteiger partial charge < -0.3 is 14.2 Å². The van der Waals surface area contributed by atoms with Gasteiger partial charge in [0, 0.05) is 43.2 Å². The summed E-state index contributed by atoms with van der Waals surface area (Å²) in [6, 6.07) is 17.9. The Bertz CT molecular complexity index is 1120. The highest BCUT2D eigenvalue weighted by molar-refractivity contribution is 5.91. The lowest BCUT2D eigenvalue weighted by Gasteiger charge is -2.21. The molecule has 0 bridgehead atoms. The summed E-state index contributed by atoms with van der Waals surface area (Å²) in [5.41, 5.74) is 2.82. The SMILES string of the molecule is C=CCN(Cc1cccn1Cc1cccc(OC)c1)C(=O)C=Cc1ccc([N+](=O)[O-])cc1. The van der Waals surface area contributed by atoms with Crippen LogP contribution in [-0.4, -0.2) is 34.0 Å². The molecule has 0 N–H and O–H groups in total. The zero-order chi connectivity index (χ0) is 22.9. The number of rotatable bonds is 10. The average Bonchev–Trinajstić information content (AvgIpc) is 3.24. The normalized spacial score (nSPS) is 10.8. The number of benzene rings is 2. The first-order valence-electron chi connectivity index (χ1n) is 10.1.